The molecule has 1 aliphatic rings. The molecule has 3 aromatic heterocycles. The van der Waals surface area contributed by atoms with Crippen molar-refractivity contribution in [1.29, 1.82) is 0 Å². The molecule has 0 aliphatic carbocycles. The molecular formula is C20H25N7O2. The maximum absolute atomic E-state index is 12.5. The van der Waals surface area contributed by atoms with Crippen molar-refractivity contribution >= 4 is 17.6 Å². The van der Waals surface area contributed by atoms with Crippen LogP contribution in [0.4, 0.5) is 11.7 Å². The van der Waals surface area contributed by atoms with E-state index in [9.17, 15) is 4.79 Å². The second-order valence-corrected chi connectivity index (χ2v) is 8.49. The lowest BCUT2D eigenvalue weighted by Gasteiger charge is -2.38. The summed E-state index contributed by atoms with van der Waals surface area (Å²) < 4.78 is 7.04. The summed E-state index contributed by atoms with van der Waals surface area (Å²) in [5.74, 6) is 1.66. The maximum Gasteiger partial charge on any atom is 0.233 e. The Kier molecular flexibility index (Phi) is 4.60. The number of carbonyl (C=O) groups excluding carboxylic acids is 1. The third kappa shape index (κ3) is 3.85. The molecule has 0 unspecified atom stereocenters. The van der Waals surface area contributed by atoms with E-state index in [1.54, 1.807) is 10.7 Å². The van der Waals surface area contributed by atoms with Crippen LogP contribution in [0.1, 0.15) is 37.9 Å². The third-order valence-electron chi connectivity index (χ3n) is 4.97. The predicted molar refractivity (Wildman–Crippen MR) is 108 cm³/mol. The first-order chi connectivity index (χ1) is 13.7. The van der Waals surface area contributed by atoms with Gasteiger partial charge in [0.15, 0.2) is 5.82 Å². The SMILES string of the molecule is Cc1cc(C)n(-c2cc(N3CC(C(=O)Nc4cc(C(C)(C)C)no4)C3)ncn2)n1. The van der Waals surface area contributed by atoms with E-state index in [2.05, 4.69) is 25.5 Å². The number of rotatable bonds is 4. The van der Waals surface area contributed by atoms with E-state index < -0.39 is 0 Å². The van der Waals surface area contributed by atoms with Gasteiger partial charge >= 0.3 is 0 Å². The molecule has 0 radical (unpaired) electrons. The third-order valence-corrected chi connectivity index (χ3v) is 4.97. The van der Waals surface area contributed by atoms with E-state index in [0.717, 1.165) is 22.9 Å². The predicted octanol–water partition coefficient (Wildman–Crippen LogP) is 2.64. The van der Waals surface area contributed by atoms with E-state index in [4.69, 9.17) is 4.52 Å². The molecule has 4 heterocycles. The highest BCUT2D eigenvalue weighted by molar-refractivity contribution is 5.93. The molecule has 152 valence electrons. The molecule has 0 bridgehead atoms. The summed E-state index contributed by atoms with van der Waals surface area (Å²) in [5.41, 5.74) is 2.62. The number of nitrogens with one attached hydrogen (secondary N) is 1. The van der Waals surface area contributed by atoms with Crippen molar-refractivity contribution in [2.24, 2.45) is 5.92 Å². The molecule has 1 N–H and O–H groups in total. The molecule has 0 aromatic carbocycles. The normalized spacial score (nSPS) is 14.7. The van der Waals surface area contributed by atoms with Crippen LogP contribution in [0.2, 0.25) is 0 Å². The van der Waals surface area contributed by atoms with Crippen LogP contribution in [-0.2, 0) is 10.2 Å². The van der Waals surface area contributed by atoms with E-state index in [1.807, 2.05) is 51.7 Å². The van der Waals surface area contributed by atoms with Crippen molar-refractivity contribution in [3.63, 3.8) is 0 Å². The zero-order valence-electron chi connectivity index (χ0n) is 17.3. The van der Waals surface area contributed by atoms with Gasteiger partial charge in [0.05, 0.1) is 17.3 Å². The summed E-state index contributed by atoms with van der Waals surface area (Å²) in [6.07, 6.45) is 1.52. The fourth-order valence-electron chi connectivity index (χ4n) is 3.23. The number of amides is 1. The summed E-state index contributed by atoms with van der Waals surface area (Å²) in [6.45, 7) is 11.2. The average Bonchev–Trinajstić information content (AvgIpc) is 3.20. The van der Waals surface area contributed by atoms with E-state index in [-0.39, 0.29) is 17.2 Å². The molecule has 0 saturated carbocycles. The Balaban J connectivity index is 1.38. The molecule has 9 nitrogen and oxygen atoms in total. The van der Waals surface area contributed by atoms with Crippen LogP contribution in [0.5, 0.6) is 0 Å². The fourth-order valence-corrected chi connectivity index (χ4v) is 3.23. The zero-order chi connectivity index (χ0) is 20.8. The number of anilines is 2. The minimum atomic E-state index is -0.134. The van der Waals surface area contributed by atoms with Crippen LogP contribution in [0.15, 0.2) is 29.0 Å². The highest BCUT2D eigenvalue weighted by Crippen LogP contribution is 2.27. The first-order valence-electron chi connectivity index (χ1n) is 9.59. The van der Waals surface area contributed by atoms with Crippen molar-refractivity contribution < 1.29 is 9.32 Å². The Morgan fingerprint density at radius 2 is 1.86 bits per heavy atom. The van der Waals surface area contributed by atoms with Crippen molar-refractivity contribution in [1.82, 2.24) is 24.9 Å². The first-order valence-corrected chi connectivity index (χ1v) is 9.59. The highest BCUT2D eigenvalue weighted by atomic mass is 16.5. The first kappa shape index (κ1) is 19.1. The van der Waals surface area contributed by atoms with Crippen LogP contribution in [0.3, 0.4) is 0 Å². The fraction of sp³-hybridized carbons (Fsp3) is 0.450. The van der Waals surface area contributed by atoms with Gasteiger partial charge in [-0.3, -0.25) is 10.1 Å². The quantitative estimate of drug-likeness (QED) is 0.724. The van der Waals surface area contributed by atoms with E-state index in [0.29, 0.717) is 24.8 Å². The Labute approximate surface area is 169 Å². The standard InChI is InChI=1S/C20H25N7O2/c1-12-6-13(2)27(24-12)17-8-16(21-11-22-17)26-9-14(10-26)19(28)23-18-7-15(25-29-18)20(3,4)5/h6-8,11,14H,9-10H2,1-5H3,(H,23,28). The second kappa shape index (κ2) is 6.98. The van der Waals surface area contributed by atoms with Gasteiger partial charge in [-0.15, -0.1) is 0 Å². The molecule has 4 rings (SSSR count). The molecule has 0 spiro atoms. The van der Waals surface area contributed by atoms with Crippen molar-refractivity contribution in [3.8, 4) is 5.82 Å². The smallest absolute Gasteiger partial charge is 0.233 e. The van der Waals surface area contributed by atoms with Crippen molar-refractivity contribution in [3.05, 3.63) is 41.6 Å². The van der Waals surface area contributed by atoms with Crippen LogP contribution in [0, 0.1) is 19.8 Å². The van der Waals surface area contributed by atoms with Gasteiger partial charge in [0.2, 0.25) is 11.8 Å². The molecule has 1 aliphatic heterocycles. The molecule has 3 aromatic rings. The zero-order valence-corrected chi connectivity index (χ0v) is 17.3. The lowest BCUT2D eigenvalue weighted by Crippen LogP contribution is -2.52. The summed E-state index contributed by atoms with van der Waals surface area (Å²) in [6, 6.07) is 5.67. The van der Waals surface area contributed by atoms with Gasteiger partial charge in [0.1, 0.15) is 12.1 Å². The topological polar surface area (TPSA) is 102 Å². The maximum atomic E-state index is 12.5. The molecule has 29 heavy (non-hydrogen) atoms. The van der Waals surface area contributed by atoms with Gasteiger partial charge in [-0.05, 0) is 19.9 Å². The van der Waals surface area contributed by atoms with Gasteiger partial charge < -0.3 is 9.42 Å². The Hall–Kier alpha value is -3.23. The van der Waals surface area contributed by atoms with Crippen LogP contribution in [-0.4, -0.2) is 43.9 Å². The van der Waals surface area contributed by atoms with Crippen LogP contribution >= 0.6 is 0 Å². The number of hydrogen-bond donors (Lipinski definition) is 1. The van der Waals surface area contributed by atoms with Gasteiger partial charge in [0, 0.05) is 36.3 Å². The van der Waals surface area contributed by atoms with Crippen molar-refractivity contribution in [2.45, 2.75) is 40.0 Å². The molecule has 1 fully saturated rings. The Morgan fingerprint density at radius 1 is 1.14 bits per heavy atom. The average molecular weight is 395 g/mol. The molecule has 1 amide bonds. The largest absolute Gasteiger partial charge is 0.355 e. The molecule has 0 atom stereocenters. The van der Waals surface area contributed by atoms with Gasteiger partial charge in [-0.2, -0.15) is 5.10 Å². The number of nitrogens with zero attached hydrogens (tertiary/aromatic N) is 6. The number of aryl methyl sites for hydroxylation is 2. The van der Waals surface area contributed by atoms with Gasteiger partial charge in [0.25, 0.3) is 0 Å². The van der Waals surface area contributed by atoms with Gasteiger partial charge in [-0.1, -0.05) is 25.9 Å². The van der Waals surface area contributed by atoms with Crippen LogP contribution in [0.25, 0.3) is 5.82 Å². The summed E-state index contributed by atoms with van der Waals surface area (Å²) >= 11 is 0. The summed E-state index contributed by atoms with van der Waals surface area (Å²) in [4.78, 5) is 23.2. The lowest BCUT2D eigenvalue weighted by atomic mass is 9.92. The summed E-state index contributed by atoms with van der Waals surface area (Å²) in [5, 5.41) is 11.3. The summed E-state index contributed by atoms with van der Waals surface area (Å²) in [7, 11) is 0. The minimum absolute atomic E-state index is 0.0781. The molecule has 1 saturated heterocycles. The Morgan fingerprint density at radius 3 is 2.48 bits per heavy atom. The van der Waals surface area contributed by atoms with E-state index >= 15 is 0 Å². The lowest BCUT2D eigenvalue weighted by molar-refractivity contribution is -0.120. The van der Waals surface area contributed by atoms with Crippen LogP contribution < -0.4 is 10.2 Å². The minimum Gasteiger partial charge on any atom is -0.355 e. The Bertz CT molecular complexity index is 1040. The van der Waals surface area contributed by atoms with Crippen molar-refractivity contribution in [2.75, 3.05) is 23.3 Å². The monoisotopic (exact) mass is 395 g/mol. The highest BCUT2D eigenvalue weighted by Gasteiger charge is 2.34. The van der Waals surface area contributed by atoms with E-state index in [1.165, 1.54) is 6.33 Å². The number of carbonyl (C=O) groups is 1. The molecule has 9 heteroatoms. The number of hydrogen-bond acceptors (Lipinski definition) is 7. The molecular weight excluding hydrogens is 370 g/mol. The second-order valence-electron chi connectivity index (χ2n) is 8.49. The van der Waals surface area contributed by atoms with Gasteiger partial charge in [-0.25, -0.2) is 14.6 Å². The number of aromatic nitrogens is 5.